The summed E-state index contributed by atoms with van der Waals surface area (Å²) in [5.74, 6) is 0.341. The predicted octanol–water partition coefficient (Wildman–Crippen LogP) is -0.756. The van der Waals surface area contributed by atoms with Crippen molar-refractivity contribution in [2.45, 2.75) is 13.8 Å². The Balaban J connectivity index is 0.000000441. The summed E-state index contributed by atoms with van der Waals surface area (Å²) >= 11 is 0. The van der Waals surface area contributed by atoms with Gasteiger partial charge in [-0.1, -0.05) is 26.0 Å². The Bertz CT molecular complexity index is 451. The van der Waals surface area contributed by atoms with Crippen LogP contribution in [0.25, 0.3) is 0 Å². The van der Waals surface area contributed by atoms with Gasteiger partial charge in [0, 0.05) is 10.9 Å². The molecule has 6 nitrogen and oxygen atoms in total. The Morgan fingerprint density at radius 3 is 2.10 bits per heavy atom. The molecule has 1 aromatic carbocycles. The van der Waals surface area contributed by atoms with E-state index < -0.39 is 7.12 Å². The third-order valence-electron chi connectivity index (χ3n) is 2.52. The van der Waals surface area contributed by atoms with E-state index in [2.05, 4.69) is 0 Å². The molecule has 0 atom stereocenters. The summed E-state index contributed by atoms with van der Waals surface area (Å²) < 4.78 is 4.88. The number of methoxy groups -OCH3 is 1. The van der Waals surface area contributed by atoms with Crippen LogP contribution in [0.15, 0.2) is 18.2 Å². The average Bonchev–Trinajstić information content (AvgIpc) is 2.46. The van der Waals surface area contributed by atoms with Gasteiger partial charge in [0.15, 0.2) is 0 Å². The summed E-state index contributed by atoms with van der Waals surface area (Å²) in [6, 6.07) is 6.49. The molecule has 4 N–H and O–H groups in total. The van der Waals surface area contributed by atoms with E-state index in [0.29, 0.717) is 5.75 Å². The van der Waals surface area contributed by atoms with E-state index in [1.54, 1.807) is 26.0 Å². The summed E-state index contributed by atoms with van der Waals surface area (Å²) in [6.45, 7) is 3.69. The molecular formula is C13H20BNO5. The quantitative estimate of drug-likeness (QED) is 0.540. The Kier molecular flexibility index (Phi) is 7.88. The molecule has 0 heterocycles. The van der Waals surface area contributed by atoms with Crippen molar-refractivity contribution in [2.75, 3.05) is 20.3 Å². The fourth-order valence-electron chi connectivity index (χ4n) is 1.10. The Labute approximate surface area is 119 Å². The number of hydrogen-bond acceptors (Lipinski definition) is 6. The number of ether oxygens (including phenoxy) is 1. The fourth-order valence-corrected chi connectivity index (χ4v) is 1.10. The van der Waals surface area contributed by atoms with Crippen LogP contribution in [-0.2, 0) is 0 Å². The number of nitrogens with zero attached hydrogens (tertiary/aromatic N) is 1. The molecule has 0 aliphatic carbocycles. The van der Waals surface area contributed by atoms with Gasteiger partial charge in [0.05, 0.1) is 25.9 Å². The number of hydrogen-bond donors (Lipinski definition) is 4. The lowest BCUT2D eigenvalue weighted by molar-refractivity contribution is 0.0857. The summed E-state index contributed by atoms with van der Waals surface area (Å²) in [6.07, 6.45) is 0. The normalized spacial score (nSPS) is 10.1. The van der Waals surface area contributed by atoms with E-state index in [9.17, 15) is 0 Å². The summed E-state index contributed by atoms with van der Waals surface area (Å²) in [5.41, 5.74) is 0.00171. The Morgan fingerprint density at radius 1 is 1.25 bits per heavy atom. The largest absolute Gasteiger partial charge is 0.495 e. The van der Waals surface area contributed by atoms with Gasteiger partial charge >= 0.3 is 7.12 Å². The van der Waals surface area contributed by atoms with Gasteiger partial charge in [-0.3, -0.25) is 0 Å². The van der Waals surface area contributed by atoms with Crippen LogP contribution >= 0.6 is 0 Å². The Hall–Kier alpha value is -1.59. The zero-order chi connectivity index (χ0) is 15.8. The van der Waals surface area contributed by atoms with Crippen LogP contribution in [0.1, 0.15) is 19.4 Å². The molecule has 0 fully saturated rings. The fraction of sp³-hybridized carbons (Fsp3) is 0.462. The van der Waals surface area contributed by atoms with E-state index >= 15 is 0 Å². The standard InChI is InChI=1S/C8H8BNO3.C5H12O2/c1-13-8-4-2-3-7(9(11)12)6(8)5-10;1-5(2,3-6)4-7/h2-4,11-12H,1H3;6-7H,3-4H2,1-2H3. The van der Waals surface area contributed by atoms with Gasteiger partial charge < -0.3 is 25.0 Å². The maximum Gasteiger partial charge on any atom is 0.489 e. The van der Waals surface area contributed by atoms with E-state index in [1.165, 1.54) is 13.2 Å². The van der Waals surface area contributed by atoms with Crippen LogP contribution in [0.4, 0.5) is 0 Å². The lowest BCUT2D eigenvalue weighted by Crippen LogP contribution is -2.32. The number of benzene rings is 1. The lowest BCUT2D eigenvalue weighted by Gasteiger charge is -2.16. The molecular weight excluding hydrogens is 261 g/mol. The summed E-state index contributed by atoms with van der Waals surface area (Å²) in [7, 11) is -0.228. The van der Waals surface area contributed by atoms with Crippen molar-refractivity contribution in [3.8, 4) is 11.8 Å². The first-order valence-electron chi connectivity index (χ1n) is 5.97. The van der Waals surface area contributed by atoms with E-state index in [4.69, 9.17) is 30.3 Å². The van der Waals surface area contributed by atoms with Gasteiger partial charge in [0.25, 0.3) is 0 Å². The van der Waals surface area contributed by atoms with Gasteiger partial charge in [0.1, 0.15) is 11.8 Å². The van der Waals surface area contributed by atoms with Crippen molar-refractivity contribution in [3.63, 3.8) is 0 Å². The zero-order valence-electron chi connectivity index (χ0n) is 11.9. The van der Waals surface area contributed by atoms with Crippen LogP contribution in [0, 0.1) is 16.7 Å². The van der Waals surface area contributed by atoms with Crippen LogP contribution < -0.4 is 10.2 Å². The second-order valence-corrected chi connectivity index (χ2v) is 4.89. The first kappa shape index (κ1) is 18.4. The predicted molar refractivity (Wildman–Crippen MR) is 75.5 cm³/mol. The minimum atomic E-state index is -1.65. The van der Waals surface area contributed by atoms with Gasteiger partial charge in [-0.2, -0.15) is 5.26 Å². The van der Waals surface area contributed by atoms with Crippen molar-refractivity contribution >= 4 is 12.6 Å². The molecule has 20 heavy (non-hydrogen) atoms. The maximum atomic E-state index is 8.90. The average molecular weight is 281 g/mol. The van der Waals surface area contributed by atoms with Gasteiger partial charge in [-0.25, -0.2) is 0 Å². The van der Waals surface area contributed by atoms with E-state index in [-0.39, 0.29) is 29.7 Å². The molecule has 0 unspecified atom stereocenters. The monoisotopic (exact) mass is 281 g/mol. The highest BCUT2D eigenvalue weighted by Gasteiger charge is 2.18. The van der Waals surface area contributed by atoms with Crippen molar-refractivity contribution in [2.24, 2.45) is 5.41 Å². The van der Waals surface area contributed by atoms with Crippen molar-refractivity contribution in [1.29, 1.82) is 5.26 Å². The second kappa shape index (κ2) is 8.56. The van der Waals surface area contributed by atoms with Gasteiger partial charge in [-0.05, 0) is 6.07 Å². The minimum Gasteiger partial charge on any atom is -0.495 e. The second-order valence-electron chi connectivity index (χ2n) is 4.89. The molecule has 0 bridgehead atoms. The van der Waals surface area contributed by atoms with Gasteiger partial charge in [0.2, 0.25) is 0 Å². The third-order valence-corrected chi connectivity index (χ3v) is 2.52. The molecule has 110 valence electrons. The molecule has 0 spiro atoms. The van der Waals surface area contributed by atoms with Crippen LogP contribution in [0.3, 0.4) is 0 Å². The maximum absolute atomic E-state index is 8.90. The van der Waals surface area contributed by atoms with Gasteiger partial charge in [-0.15, -0.1) is 0 Å². The first-order chi connectivity index (χ1) is 9.32. The molecule has 7 heteroatoms. The lowest BCUT2D eigenvalue weighted by atomic mass is 9.77. The number of rotatable bonds is 4. The number of nitriles is 1. The highest BCUT2D eigenvalue weighted by molar-refractivity contribution is 6.59. The van der Waals surface area contributed by atoms with Crippen LogP contribution in [-0.4, -0.2) is 47.7 Å². The minimum absolute atomic E-state index is 0.0451. The summed E-state index contributed by atoms with van der Waals surface area (Å²) in [5, 5.41) is 43.4. The van der Waals surface area contributed by atoms with Crippen molar-refractivity contribution in [3.05, 3.63) is 23.8 Å². The SMILES string of the molecule is CC(C)(CO)CO.COc1cccc(B(O)O)c1C#N. The molecule has 1 rings (SSSR count). The topological polar surface area (TPSA) is 114 Å². The molecule has 0 radical (unpaired) electrons. The Morgan fingerprint density at radius 2 is 1.80 bits per heavy atom. The zero-order valence-corrected chi connectivity index (χ0v) is 11.9. The van der Waals surface area contributed by atoms with Crippen molar-refractivity contribution in [1.82, 2.24) is 0 Å². The first-order valence-corrected chi connectivity index (χ1v) is 5.97. The molecule has 0 amide bonds. The molecule has 0 aliphatic heterocycles. The molecule has 0 saturated carbocycles. The molecule has 0 saturated heterocycles. The number of aliphatic hydroxyl groups excluding tert-OH is 2. The van der Waals surface area contributed by atoms with E-state index in [1.807, 2.05) is 6.07 Å². The highest BCUT2D eigenvalue weighted by Crippen LogP contribution is 2.14. The third kappa shape index (κ3) is 5.59. The van der Waals surface area contributed by atoms with Crippen LogP contribution in [0.5, 0.6) is 5.75 Å². The van der Waals surface area contributed by atoms with E-state index in [0.717, 1.165) is 0 Å². The number of aliphatic hydroxyl groups is 2. The molecule has 0 aromatic heterocycles. The molecule has 0 aliphatic rings. The molecule has 1 aromatic rings. The summed E-state index contributed by atoms with van der Waals surface area (Å²) in [4.78, 5) is 0. The smallest absolute Gasteiger partial charge is 0.489 e. The highest BCUT2D eigenvalue weighted by atomic mass is 16.5. The van der Waals surface area contributed by atoms with Crippen molar-refractivity contribution < 1.29 is 25.0 Å². The van der Waals surface area contributed by atoms with Crippen LogP contribution in [0.2, 0.25) is 0 Å².